The van der Waals surface area contributed by atoms with Crippen molar-refractivity contribution < 1.29 is 45.8 Å². The molecule has 0 aromatic heterocycles. The molecular formula is C24H25F6NO4. The first kappa shape index (κ1) is 28.0. The molecule has 11 heteroatoms. The van der Waals surface area contributed by atoms with Crippen LogP contribution in [-0.4, -0.2) is 36.8 Å². The van der Waals surface area contributed by atoms with Gasteiger partial charge >= 0.3 is 18.3 Å². The molecule has 1 amide bonds. The smallest absolute Gasteiger partial charge is 0.416 e. The van der Waals surface area contributed by atoms with Gasteiger partial charge in [0.1, 0.15) is 12.3 Å². The van der Waals surface area contributed by atoms with Crippen molar-refractivity contribution in [3.63, 3.8) is 0 Å². The summed E-state index contributed by atoms with van der Waals surface area (Å²) in [5, 5.41) is 9.43. The fourth-order valence-corrected chi connectivity index (χ4v) is 4.03. The van der Waals surface area contributed by atoms with Gasteiger partial charge in [-0.25, -0.2) is 0 Å². The van der Waals surface area contributed by atoms with Gasteiger partial charge in [-0.3, -0.25) is 9.59 Å². The summed E-state index contributed by atoms with van der Waals surface area (Å²) in [6.45, 7) is 2.48. The van der Waals surface area contributed by atoms with Crippen molar-refractivity contribution in [1.29, 1.82) is 0 Å². The van der Waals surface area contributed by atoms with Gasteiger partial charge in [0.15, 0.2) is 0 Å². The first-order valence-electron chi connectivity index (χ1n) is 10.6. The summed E-state index contributed by atoms with van der Waals surface area (Å²) in [4.78, 5) is 24.0. The van der Waals surface area contributed by atoms with Gasteiger partial charge in [0.2, 0.25) is 5.91 Å². The van der Waals surface area contributed by atoms with Crippen molar-refractivity contribution in [1.82, 2.24) is 0 Å². The number of carboxylic acids is 1. The third kappa shape index (κ3) is 6.46. The molecule has 0 unspecified atom stereocenters. The predicted octanol–water partition coefficient (Wildman–Crippen LogP) is 6.05. The Hall–Kier alpha value is -3.24. The van der Waals surface area contributed by atoms with Crippen LogP contribution in [0.2, 0.25) is 0 Å². The minimum atomic E-state index is -4.89. The zero-order chi connectivity index (χ0) is 26.7. The van der Waals surface area contributed by atoms with E-state index in [0.29, 0.717) is 35.2 Å². The van der Waals surface area contributed by atoms with E-state index in [2.05, 4.69) is 0 Å². The van der Waals surface area contributed by atoms with E-state index in [4.69, 9.17) is 4.74 Å². The number of hydrogen-bond acceptors (Lipinski definition) is 3. The van der Waals surface area contributed by atoms with Gasteiger partial charge in [-0.05, 0) is 47.7 Å². The number of anilines is 1. The van der Waals surface area contributed by atoms with Crippen LogP contribution < -0.4 is 9.64 Å². The van der Waals surface area contributed by atoms with Gasteiger partial charge < -0.3 is 14.7 Å². The number of amides is 1. The number of nitrogens with zero attached hydrogens (tertiary/aromatic N) is 1. The Kier molecular flexibility index (Phi) is 8.46. The zero-order valence-corrected chi connectivity index (χ0v) is 19.5. The normalized spacial score (nSPS) is 11.9. The Morgan fingerprint density at radius 3 is 2.06 bits per heavy atom. The number of methoxy groups -OCH3 is 1. The SMILES string of the molecule is CCc1cc(OC)c(-c2ccc(C(F)(F)F)cc2N(CC(F)(F)F)C(C)=O)c(CC)c1CC(=O)O. The standard InChI is InChI=1S/C24H25F6NO4/c1-5-14-9-20(35-4)22(16(6-2)18(14)11-21(33)34)17-8-7-15(24(28,29)30)10-19(17)31(13(3)32)12-23(25,26)27/h7-10H,5-6,11-12H2,1-4H3,(H,33,34). The number of aryl methyl sites for hydroxylation is 1. The van der Waals surface area contributed by atoms with E-state index >= 15 is 0 Å². The molecule has 0 bridgehead atoms. The van der Waals surface area contributed by atoms with Crippen LogP contribution in [0.5, 0.6) is 5.75 Å². The molecule has 192 valence electrons. The molecule has 2 rings (SSSR count). The lowest BCUT2D eigenvalue weighted by atomic mass is 9.86. The summed E-state index contributed by atoms with van der Waals surface area (Å²) in [6, 6.07) is 3.70. The highest BCUT2D eigenvalue weighted by molar-refractivity contribution is 5.98. The molecule has 0 atom stereocenters. The fourth-order valence-electron chi connectivity index (χ4n) is 4.03. The number of benzene rings is 2. The van der Waals surface area contributed by atoms with Crippen molar-refractivity contribution in [2.45, 2.75) is 52.4 Å². The van der Waals surface area contributed by atoms with E-state index in [0.717, 1.165) is 13.0 Å². The second-order valence-electron chi connectivity index (χ2n) is 7.80. The monoisotopic (exact) mass is 505 g/mol. The second-order valence-corrected chi connectivity index (χ2v) is 7.80. The van der Waals surface area contributed by atoms with Crippen LogP contribution in [0.1, 0.15) is 43.0 Å². The molecule has 35 heavy (non-hydrogen) atoms. The Morgan fingerprint density at radius 2 is 1.63 bits per heavy atom. The van der Waals surface area contributed by atoms with E-state index in [1.165, 1.54) is 13.2 Å². The summed E-state index contributed by atoms with van der Waals surface area (Å²) in [5.41, 5.74) is -0.395. The summed E-state index contributed by atoms with van der Waals surface area (Å²) >= 11 is 0. The lowest BCUT2D eigenvalue weighted by Crippen LogP contribution is -2.38. The summed E-state index contributed by atoms with van der Waals surface area (Å²) < 4.78 is 85.8. The lowest BCUT2D eigenvalue weighted by Gasteiger charge is -2.28. The number of hydrogen-bond donors (Lipinski definition) is 1. The number of halogens is 6. The lowest BCUT2D eigenvalue weighted by molar-refractivity contribution is -0.138. The molecule has 0 aliphatic carbocycles. The van der Waals surface area contributed by atoms with Gasteiger partial charge in [-0.15, -0.1) is 0 Å². The molecule has 2 aromatic carbocycles. The maximum Gasteiger partial charge on any atom is 0.416 e. The van der Waals surface area contributed by atoms with Gasteiger partial charge in [0.25, 0.3) is 0 Å². The molecule has 0 radical (unpaired) electrons. The number of ether oxygens (including phenoxy) is 1. The second kappa shape index (κ2) is 10.6. The van der Waals surface area contributed by atoms with E-state index in [1.807, 2.05) is 0 Å². The van der Waals surface area contributed by atoms with Crippen molar-refractivity contribution >= 4 is 17.6 Å². The molecule has 0 aliphatic heterocycles. The quantitative estimate of drug-likeness (QED) is 0.444. The fraction of sp³-hybridized carbons (Fsp3) is 0.417. The number of alkyl halides is 6. The Bertz CT molecular complexity index is 1110. The minimum absolute atomic E-state index is 0.111. The van der Waals surface area contributed by atoms with Gasteiger partial charge in [0.05, 0.1) is 24.8 Å². The van der Waals surface area contributed by atoms with Gasteiger partial charge in [0, 0.05) is 18.1 Å². The molecule has 0 aliphatic rings. The van der Waals surface area contributed by atoms with E-state index in [-0.39, 0.29) is 28.2 Å². The van der Waals surface area contributed by atoms with Crippen LogP contribution >= 0.6 is 0 Å². The van der Waals surface area contributed by atoms with Crippen LogP contribution in [-0.2, 0) is 35.0 Å². The van der Waals surface area contributed by atoms with Crippen molar-refractivity contribution in [2.75, 3.05) is 18.6 Å². The summed E-state index contributed by atoms with van der Waals surface area (Å²) in [6.07, 6.45) is -9.55. The van der Waals surface area contributed by atoms with Crippen molar-refractivity contribution in [3.05, 3.63) is 46.5 Å². The highest BCUT2D eigenvalue weighted by Gasteiger charge is 2.37. The van der Waals surface area contributed by atoms with Gasteiger partial charge in [-0.2, -0.15) is 26.3 Å². The third-order valence-corrected chi connectivity index (χ3v) is 5.49. The van der Waals surface area contributed by atoms with Crippen molar-refractivity contribution in [2.24, 2.45) is 0 Å². The number of carbonyl (C=O) groups excluding carboxylic acids is 1. The average molecular weight is 505 g/mol. The molecular weight excluding hydrogens is 480 g/mol. The first-order valence-corrected chi connectivity index (χ1v) is 10.6. The zero-order valence-electron chi connectivity index (χ0n) is 19.5. The highest BCUT2D eigenvalue weighted by atomic mass is 19.4. The maximum absolute atomic E-state index is 13.5. The first-order chi connectivity index (χ1) is 16.1. The number of aliphatic carboxylic acids is 1. The predicted molar refractivity (Wildman–Crippen MR) is 118 cm³/mol. The summed E-state index contributed by atoms with van der Waals surface area (Å²) in [7, 11) is 1.29. The molecule has 5 nitrogen and oxygen atoms in total. The Balaban J connectivity index is 3.03. The maximum atomic E-state index is 13.5. The molecule has 0 saturated heterocycles. The molecule has 0 spiro atoms. The Labute approximate surface area is 198 Å². The van der Waals surface area contributed by atoms with Crippen LogP contribution in [0, 0.1) is 0 Å². The van der Waals surface area contributed by atoms with Crippen molar-refractivity contribution in [3.8, 4) is 16.9 Å². The third-order valence-electron chi connectivity index (χ3n) is 5.49. The summed E-state index contributed by atoms with van der Waals surface area (Å²) in [5.74, 6) is -2.12. The number of carboxylic acid groups (broad SMARTS) is 1. The van der Waals surface area contributed by atoms with Crippen LogP contribution in [0.4, 0.5) is 32.0 Å². The topological polar surface area (TPSA) is 66.8 Å². The van der Waals surface area contributed by atoms with E-state index in [1.54, 1.807) is 13.8 Å². The number of carbonyl (C=O) groups is 2. The van der Waals surface area contributed by atoms with Crippen LogP contribution in [0.25, 0.3) is 11.1 Å². The molecule has 1 N–H and O–H groups in total. The molecule has 0 saturated carbocycles. The highest BCUT2D eigenvalue weighted by Crippen LogP contribution is 2.45. The number of rotatable bonds is 8. The minimum Gasteiger partial charge on any atom is -0.496 e. The van der Waals surface area contributed by atoms with Gasteiger partial charge in [-0.1, -0.05) is 19.9 Å². The largest absolute Gasteiger partial charge is 0.496 e. The van der Waals surface area contributed by atoms with Crippen LogP contribution in [0.3, 0.4) is 0 Å². The molecule has 0 fully saturated rings. The molecule has 0 heterocycles. The van der Waals surface area contributed by atoms with Crippen LogP contribution in [0.15, 0.2) is 24.3 Å². The Morgan fingerprint density at radius 1 is 1.00 bits per heavy atom. The molecule has 2 aromatic rings. The van der Waals surface area contributed by atoms with E-state index < -0.39 is 48.4 Å². The average Bonchev–Trinajstić information content (AvgIpc) is 2.74. The van der Waals surface area contributed by atoms with E-state index in [9.17, 15) is 41.0 Å².